The van der Waals surface area contributed by atoms with E-state index in [0.29, 0.717) is 18.0 Å². The number of carbonyl (C=O) groups excluding carboxylic acids is 1. The van der Waals surface area contributed by atoms with Gasteiger partial charge >= 0.3 is 0 Å². The molecule has 1 aliphatic heterocycles. The van der Waals surface area contributed by atoms with Crippen molar-refractivity contribution in [3.8, 4) is 11.5 Å². The highest BCUT2D eigenvalue weighted by atomic mass is 16.5. The SMILES string of the molecule is COc1ccccc1OCC(=O)NC[C@H](c1ccc(C)cc1)N1CCCCCC1. The Balaban J connectivity index is 1.61. The van der Waals surface area contributed by atoms with E-state index in [1.165, 1.54) is 36.8 Å². The molecule has 2 aromatic carbocycles. The number of amides is 1. The highest BCUT2D eigenvalue weighted by Gasteiger charge is 2.22. The molecule has 1 saturated heterocycles. The number of methoxy groups -OCH3 is 1. The molecule has 5 nitrogen and oxygen atoms in total. The molecule has 1 N–H and O–H groups in total. The van der Waals surface area contributed by atoms with Crippen molar-refractivity contribution in [1.82, 2.24) is 10.2 Å². The second-order valence-corrected chi connectivity index (χ2v) is 7.62. The minimum Gasteiger partial charge on any atom is -0.493 e. The van der Waals surface area contributed by atoms with Crippen LogP contribution in [0.15, 0.2) is 48.5 Å². The predicted octanol–water partition coefficient (Wildman–Crippen LogP) is 4.12. The number of nitrogens with zero attached hydrogens (tertiary/aromatic N) is 1. The number of carbonyl (C=O) groups is 1. The molecule has 0 saturated carbocycles. The summed E-state index contributed by atoms with van der Waals surface area (Å²) in [5.74, 6) is 1.08. The van der Waals surface area contributed by atoms with Gasteiger partial charge in [-0.05, 0) is 50.6 Å². The molecule has 5 heteroatoms. The van der Waals surface area contributed by atoms with Gasteiger partial charge in [-0.15, -0.1) is 0 Å². The lowest BCUT2D eigenvalue weighted by atomic mass is 10.0. The third kappa shape index (κ3) is 6.23. The van der Waals surface area contributed by atoms with Gasteiger partial charge in [0.25, 0.3) is 5.91 Å². The Labute approximate surface area is 174 Å². The molecule has 1 aliphatic rings. The lowest BCUT2D eigenvalue weighted by Crippen LogP contribution is -2.40. The fraction of sp³-hybridized carbons (Fsp3) is 0.458. The van der Waals surface area contributed by atoms with E-state index >= 15 is 0 Å². The van der Waals surface area contributed by atoms with Crippen molar-refractivity contribution in [2.24, 2.45) is 0 Å². The van der Waals surface area contributed by atoms with E-state index in [1.54, 1.807) is 13.2 Å². The lowest BCUT2D eigenvalue weighted by molar-refractivity contribution is -0.123. The number of ether oxygens (including phenoxy) is 2. The molecular weight excluding hydrogens is 364 g/mol. The molecule has 2 aromatic rings. The van der Waals surface area contributed by atoms with Gasteiger partial charge in [0.1, 0.15) is 0 Å². The van der Waals surface area contributed by atoms with Crippen LogP contribution in [0, 0.1) is 6.92 Å². The van der Waals surface area contributed by atoms with E-state index in [9.17, 15) is 4.79 Å². The number of rotatable bonds is 8. The molecule has 0 radical (unpaired) electrons. The molecule has 0 aromatic heterocycles. The Morgan fingerprint density at radius 2 is 1.66 bits per heavy atom. The number of nitrogens with one attached hydrogen (secondary N) is 1. The Bertz CT molecular complexity index is 768. The van der Waals surface area contributed by atoms with Crippen molar-refractivity contribution in [3.05, 3.63) is 59.7 Å². The summed E-state index contributed by atoms with van der Waals surface area (Å²) in [5.41, 5.74) is 2.50. The van der Waals surface area contributed by atoms with Crippen LogP contribution in [0.2, 0.25) is 0 Å². The van der Waals surface area contributed by atoms with Crippen LogP contribution < -0.4 is 14.8 Å². The summed E-state index contributed by atoms with van der Waals surface area (Å²) in [6.45, 7) is 4.80. The van der Waals surface area contributed by atoms with Crippen LogP contribution in [0.4, 0.5) is 0 Å². The standard InChI is InChI=1S/C24H32N2O3/c1-19-11-13-20(14-12-19)21(26-15-7-3-4-8-16-26)17-25-24(27)18-29-23-10-6-5-9-22(23)28-2/h5-6,9-14,21H,3-4,7-8,15-18H2,1-2H3,(H,25,27)/t21-/m1/s1. The molecule has 0 aliphatic carbocycles. The second kappa shape index (κ2) is 10.9. The van der Waals surface area contributed by atoms with Gasteiger partial charge in [-0.25, -0.2) is 0 Å². The molecule has 29 heavy (non-hydrogen) atoms. The number of benzene rings is 2. The number of hydrogen-bond acceptors (Lipinski definition) is 4. The van der Waals surface area contributed by atoms with Gasteiger partial charge in [0.15, 0.2) is 18.1 Å². The number of aryl methyl sites for hydroxylation is 1. The average molecular weight is 397 g/mol. The zero-order chi connectivity index (χ0) is 20.5. The zero-order valence-electron chi connectivity index (χ0n) is 17.5. The summed E-state index contributed by atoms with van der Waals surface area (Å²) >= 11 is 0. The molecule has 1 heterocycles. The van der Waals surface area contributed by atoms with Crippen LogP contribution in [-0.4, -0.2) is 44.2 Å². The third-order valence-corrected chi connectivity index (χ3v) is 5.46. The van der Waals surface area contributed by atoms with Crippen molar-refractivity contribution in [3.63, 3.8) is 0 Å². The number of para-hydroxylation sites is 2. The Morgan fingerprint density at radius 1 is 1.00 bits per heavy atom. The maximum Gasteiger partial charge on any atom is 0.258 e. The second-order valence-electron chi connectivity index (χ2n) is 7.62. The van der Waals surface area contributed by atoms with Gasteiger partial charge in [-0.1, -0.05) is 54.8 Å². The van der Waals surface area contributed by atoms with Gasteiger partial charge < -0.3 is 14.8 Å². The van der Waals surface area contributed by atoms with Crippen LogP contribution >= 0.6 is 0 Å². The highest BCUT2D eigenvalue weighted by Crippen LogP contribution is 2.26. The van der Waals surface area contributed by atoms with E-state index in [-0.39, 0.29) is 18.6 Å². The summed E-state index contributed by atoms with van der Waals surface area (Å²) in [6.07, 6.45) is 5.01. The monoisotopic (exact) mass is 396 g/mol. The lowest BCUT2D eigenvalue weighted by Gasteiger charge is -2.31. The van der Waals surface area contributed by atoms with Crippen molar-refractivity contribution >= 4 is 5.91 Å². The molecule has 0 bridgehead atoms. The highest BCUT2D eigenvalue weighted by molar-refractivity contribution is 5.77. The van der Waals surface area contributed by atoms with Gasteiger partial charge in [0.05, 0.1) is 13.2 Å². The average Bonchev–Trinajstić information content (AvgIpc) is 3.03. The maximum atomic E-state index is 12.5. The van der Waals surface area contributed by atoms with Gasteiger partial charge in [0.2, 0.25) is 0 Å². The first kappa shape index (κ1) is 21.2. The van der Waals surface area contributed by atoms with Crippen LogP contribution in [0.5, 0.6) is 11.5 Å². The molecule has 156 valence electrons. The normalized spacial score (nSPS) is 15.9. The van der Waals surface area contributed by atoms with E-state index < -0.39 is 0 Å². The minimum absolute atomic E-state index is 0.0268. The summed E-state index contributed by atoms with van der Waals surface area (Å²) < 4.78 is 10.9. The molecule has 1 amide bonds. The largest absolute Gasteiger partial charge is 0.493 e. The van der Waals surface area contributed by atoms with Crippen LogP contribution in [-0.2, 0) is 4.79 Å². The van der Waals surface area contributed by atoms with E-state index in [1.807, 2.05) is 18.2 Å². The Hall–Kier alpha value is -2.53. The van der Waals surface area contributed by atoms with Gasteiger partial charge in [0, 0.05) is 6.54 Å². The van der Waals surface area contributed by atoms with Crippen molar-refractivity contribution in [2.45, 2.75) is 38.6 Å². The van der Waals surface area contributed by atoms with Crippen molar-refractivity contribution in [1.29, 1.82) is 0 Å². The van der Waals surface area contributed by atoms with Gasteiger partial charge in [-0.3, -0.25) is 9.69 Å². The summed E-state index contributed by atoms with van der Waals surface area (Å²) in [7, 11) is 1.59. The van der Waals surface area contributed by atoms with Crippen LogP contribution in [0.25, 0.3) is 0 Å². The van der Waals surface area contributed by atoms with Crippen molar-refractivity contribution < 1.29 is 14.3 Å². The molecular formula is C24H32N2O3. The number of likely N-dealkylation sites (tertiary alicyclic amines) is 1. The molecule has 3 rings (SSSR count). The summed E-state index contributed by atoms with van der Waals surface area (Å²) in [5, 5.41) is 3.07. The summed E-state index contributed by atoms with van der Waals surface area (Å²) in [6, 6.07) is 16.2. The molecule has 0 spiro atoms. The smallest absolute Gasteiger partial charge is 0.258 e. The Kier molecular flexibility index (Phi) is 7.94. The van der Waals surface area contributed by atoms with Crippen LogP contribution in [0.1, 0.15) is 42.9 Å². The fourth-order valence-corrected chi connectivity index (χ4v) is 3.80. The quantitative estimate of drug-likeness (QED) is 0.729. The molecule has 1 fully saturated rings. The van der Waals surface area contributed by atoms with E-state index in [4.69, 9.17) is 9.47 Å². The Morgan fingerprint density at radius 3 is 2.31 bits per heavy atom. The third-order valence-electron chi connectivity index (χ3n) is 5.46. The zero-order valence-corrected chi connectivity index (χ0v) is 17.5. The topological polar surface area (TPSA) is 50.8 Å². The predicted molar refractivity (Wildman–Crippen MR) is 115 cm³/mol. The maximum absolute atomic E-state index is 12.5. The molecule has 0 unspecified atom stereocenters. The van der Waals surface area contributed by atoms with Crippen LogP contribution in [0.3, 0.4) is 0 Å². The summed E-state index contributed by atoms with van der Waals surface area (Å²) in [4.78, 5) is 15.0. The fourth-order valence-electron chi connectivity index (χ4n) is 3.80. The van der Waals surface area contributed by atoms with E-state index in [0.717, 1.165) is 13.1 Å². The van der Waals surface area contributed by atoms with Crippen molar-refractivity contribution in [2.75, 3.05) is 33.4 Å². The minimum atomic E-state index is -0.122. The van der Waals surface area contributed by atoms with Gasteiger partial charge in [-0.2, -0.15) is 0 Å². The first-order chi connectivity index (χ1) is 14.2. The first-order valence-electron chi connectivity index (χ1n) is 10.5. The molecule has 1 atom stereocenters. The first-order valence-corrected chi connectivity index (χ1v) is 10.5. The van der Waals surface area contributed by atoms with E-state index in [2.05, 4.69) is 41.4 Å². The number of hydrogen-bond donors (Lipinski definition) is 1.